The average Bonchev–Trinajstić information content (AvgIpc) is 3.34. The van der Waals surface area contributed by atoms with Gasteiger partial charge in [-0.15, -0.1) is 0 Å². The third kappa shape index (κ3) is 3.17. The second-order valence-corrected chi connectivity index (χ2v) is 6.17. The number of carbonyl (C=O) groups excluding carboxylic acids is 1. The molecule has 2 heterocycles. The predicted molar refractivity (Wildman–Crippen MR) is 80.1 cm³/mol. The van der Waals surface area contributed by atoms with Crippen LogP contribution in [0.25, 0.3) is 0 Å². The van der Waals surface area contributed by atoms with Crippen molar-refractivity contribution in [2.45, 2.75) is 64.0 Å². The minimum Gasteiger partial charge on any atom is -0.338 e. The molecule has 3 rings (SSSR count). The minimum absolute atomic E-state index is 0.0316. The lowest BCUT2D eigenvalue weighted by atomic mass is 10.00. The van der Waals surface area contributed by atoms with Crippen molar-refractivity contribution in [3.63, 3.8) is 0 Å². The molecule has 5 nitrogen and oxygen atoms in total. The maximum Gasteiger partial charge on any atom is 0.267 e. The van der Waals surface area contributed by atoms with Crippen LogP contribution >= 0.6 is 0 Å². The maximum absolute atomic E-state index is 12.5. The van der Waals surface area contributed by atoms with Crippen LogP contribution in [0.4, 0.5) is 0 Å². The normalized spacial score (nSPS) is 22.3. The molecule has 1 saturated heterocycles. The summed E-state index contributed by atoms with van der Waals surface area (Å²) < 4.78 is 1.34. The number of rotatable bonds is 4. The molecule has 0 spiro atoms. The molecule has 21 heavy (non-hydrogen) atoms. The number of aromatic nitrogens is 2. The Balaban J connectivity index is 1.74. The number of carbonyl (C=O) groups is 1. The van der Waals surface area contributed by atoms with Crippen LogP contribution in [0.5, 0.6) is 0 Å². The van der Waals surface area contributed by atoms with Gasteiger partial charge in [0.2, 0.25) is 5.91 Å². The first-order valence-electron chi connectivity index (χ1n) is 8.06. The summed E-state index contributed by atoms with van der Waals surface area (Å²) in [6.45, 7) is 3.01. The number of piperidine rings is 1. The molecule has 2 fully saturated rings. The van der Waals surface area contributed by atoms with Crippen molar-refractivity contribution >= 4 is 5.91 Å². The van der Waals surface area contributed by atoms with E-state index in [-0.39, 0.29) is 18.0 Å². The van der Waals surface area contributed by atoms with E-state index in [1.54, 1.807) is 12.1 Å². The molecule has 1 aliphatic heterocycles. The van der Waals surface area contributed by atoms with Gasteiger partial charge in [0.15, 0.2) is 0 Å². The molecule has 1 atom stereocenters. The van der Waals surface area contributed by atoms with E-state index in [0.717, 1.165) is 44.3 Å². The van der Waals surface area contributed by atoms with E-state index in [2.05, 4.69) is 12.0 Å². The van der Waals surface area contributed by atoms with Crippen molar-refractivity contribution in [1.82, 2.24) is 14.7 Å². The van der Waals surface area contributed by atoms with Crippen molar-refractivity contribution in [2.75, 3.05) is 6.54 Å². The van der Waals surface area contributed by atoms with Crippen molar-refractivity contribution < 1.29 is 4.79 Å². The molecule has 0 N–H and O–H groups in total. The van der Waals surface area contributed by atoms with Crippen LogP contribution in [0, 0.1) is 0 Å². The van der Waals surface area contributed by atoms with Crippen LogP contribution in [0.2, 0.25) is 0 Å². The molecule has 5 heteroatoms. The molecule has 114 valence electrons. The van der Waals surface area contributed by atoms with E-state index < -0.39 is 0 Å². The van der Waals surface area contributed by atoms with Gasteiger partial charge in [0.25, 0.3) is 5.56 Å². The first-order valence-corrected chi connectivity index (χ1v) is 8.06. The van der Waals surface area contributed by atoms with E-state index in [0.29, 0.717) is 12.0 Å². The summed E-state index contributed by atoms with van der Waals surface area (Å²) in [7, 11) is 0. The van der Waals surface area contributed by atoms with Gasteiger partial charge in [-0.25, -0.2) is 4.68 Å². The molecule has 2 aliphatic rings. The van der Waals surface area contributed by atoms with Gasteiger partial charge < -0.3 is 4.90 Å². The number of nitrogens with zero attached hydrogens (tertiary/aromatic N) is 3. The zero-order valence-electron chi connectivity index (χ0n) is 12.6. The van der Waals surface area contributed by atoms with Gasteiger partial charge in [-0.05, 0) is 44.6 Å². The third-order valence-corrected chi connectivity index (χ3v) is 4.59. The lowest BCUT2D eigenvalue weighted by molar-refractivity contribution is -0.135. The van der Waals surface area contributed by atoms with Gasteiger partial charge in [0.1, 0.15) is 6.54 Å². The smallest absolute Gasteiger partial charge is 0.267 e. The van der Waals surface area contributed by atoms with Crippen LogP contribution in [0.15, 0.2) is 16.9 Å². The summed E-state index contributed by atoms with van der Waals surface area (Å²) in [5.41, 5.74) is 0.769. The van der Waals surface area contributed by atoms with Gasteiger partial charge in [0, 0.05) is 24.6 Å². The first-order chi connectivity index (χ1) is 10.2. The number of amides is 1. The SMILES string of the molecule is CCC1CCCCN1C(=O)Cn1nc(C2CC2)ccc1=O. The second-order valence-electron chi connectivity index (χ2n) is 6.17. The Hall–Kier alpha value is -1.65. The summed E-state index contributed by atoms with van der Waals surface area (Å²) in [6.07, 6.45) is 6.60. The van der Waals surface area contributed by atoms with E-state index in [1.165, 1.54) is 11.1 Å². The predicted octanol–water partition coefficient (Wildman–Crippen LogP) is 1.91. The molecule has 1 aromatic heterocycles. The topological polar surface area (TPSA) is 55.2 Å². The van der Waals surface area contributed by atoms with Crippen molar-refractivity contribution in [1.29, 1.82) is 0 Å². The molecule has 1 saturated carbocycles. The molecule has 1 aliphatic carbocycles. The maximum atomic E-state index is 12.5. The Morgan fingerprint density at radius 2 is 2.10 bits per heavy atom. The fraction of sp³-hybridized carbons (Fsp3) is 0.688. The highest BCUT2D eigenvalue weighted by Gasteiger charge is 2.28. The molecule has 1 unspecified atom stereocenters. The summed E-state index contributed by atoms with van der Waals surface area (Å²) in [6, 6.07) is 3.67. The Kier molecular flexibility index (Phi) is 4.08. The Labute approximate surface area is 124 Å². The van der Waals surface area contributed by atoms with Crippen molar-refractivity contribution in [2.24, 2.45) is 0 Å². The molecule has 0 aromatic carbocycles. The highest BCUT2D eigenvalue weighted by molar-refractivity contribution is 5.76. The number of hydrogen-bond donors (Lipinski definition) is 0. The summed E-state index contributed by atoms with van der Waals surface area (Å²) >= 11 is 0. The van der Waals surface area contributed by atoms with E-state index in [1.807, 2.05) is 4.90 Å². The van der Waals surface area contributed by atoms with Gasteiger partial charge in [-0.2, -0.15) is 5.10 Å². The monoisotopic (exact) mass is 289 g/mol. The summed E-state index contributed by atoms with van der Waals surface area (Å²) in [5.74, 6) is 0.523. The van der Waals surface area contributed by atoms with E-state index in [9.17, 15) is 9.59 Å². The fourth-order valence-corrected chi connectivity index (χ4v) is 3.15. The molecule has 1 aromatic rings. The van der Waals surface area contributed by atoms with Crippen LogP contribution in [-0.4, -0.2) is 33.2 Å². The summed E-state index contributed by atoms with van der Waals surface area (Å²) in [5, 5.41) is 4.38. The quantitative estimate of drug-likeness (QED) is 0.851. The third-order valence-electron chi connectivity index (χ3n) is 4.59. The molecular weight excluding hydrogens is 266 g/mol. The van der Waals surface area contributed by atoms with Crippen LogP contribution in [0.3, 0.4) is 0 Å². The highest BCUT2D eigenvalue weighted by Crippen LogP contribution is 2.38. The Morgan fingerprint density at radius 3 is 2.81 bits per heavy atom. The Morgan fingerprint density at radius 1 is 1.29 bits per heavy atom. The highest BCUT2D eigenvalue weighted by atomic mass is 16.2. The van der Waals surface area contributed by atoms with Gasteiger partial charge >= 0.3 is 0 Å². The van der Waals surface area contributed by atoms with Gasteiger partial charge in [0.05, 0.1) is 5.69 Å². The lowest BCUT2D eigenvalue weighted by Gasteiger charge is -2.35. The fourth-order valence-electron chi connectivity index (χ4n) is 3.15. The largest absolute Gasteiger partial charge is 0.338 e. The molecular formula is C16H23N3O2. The summed E-state index contributed by atoms with van der Waals surface area (Å²) in [4.78, 5) is 26.4. The molecule has 0 radical (unpaired) electrons. The minimum atomic E-state index is -0.183. The van der Waals surface area contributed by atoms with Crippen LogP contribution in [0.1, 0.15) is 57.1 Å². The van der Waals surface area contributed by atoms with Gasteiger partial charge in [-0.3, -0.25) is 9.59 Å². The Bertz CT molecular complexity index is 577. The van der Waals surface area contributed by atoms with Crippen LogP contribution in [-0.2, 0) is 11.3 Å². The standard InChI is InChI=1S/C16H23N3O2/c1-2-13-5-3-4-10-18(13)16(21)11-19-15(20)9-8-14(17-19)12-6-7-12/h8-9,12-13H,2-7,10-11H2,1H3. The van der Waals surface area contributed by atoms with Gasteiger partial charge in [-0.1, -0.05) is 6.92 Å². The molecule has 0 bridgehead atoms. The average molecular weight is 289 g/mol. The van der Waals surface area contributed by atoms with E-state index in [4.69, 9.17) is 0 Å². The first kappa shape index (κ1) is 14.3. The lowest BCUT2D eigenvalue weighted by Crippen LogP contribution is -2.46. The second kappa shape index (κ2) is 6.00. The number of likely N-dealkylation sites (tertiary alicyclic amines) is 1. The van der Waals surface area contributed by atoms with E-state index >= 15 is 0 Å². The van der Waals surface area contributed by atoms with Crippen LogP contribution < -0.4 is 5.56 Å². The van der Waals surface area contributed by atoms with Crippen molar-refractivity contribution in [3.8, 4) is 0 Å². The van der Waals surface area contributed by atoms with Crippen molar-refractivity contribution in [3.05, 3.63) is 28.2 Å². The molecule has 1 amide bonds. The number of hydrogen-bond acceptors (Lipinski definition) is 3. The zero-order chi connectivity index (χ0) is 14.8. The zero-order valence-corrected chi connectivity index (χ0v) is 12.6.